The van der Waals surface area contributed by atoms with E-state index in [-0.39, 0.29) is 11.2 Å². The lowest BCUT2D eigenvalue weighted by atomic mass is 10.1. The number of hydrogen-bond donors (Lipinski definition) is 1. The molecule has 1 atom stereocenters. The van der Waals surface area contributed by atoms with Crippen molar-refractivity contribution in [2.75, 3.05) is 0 Å². The Morgan fingerprint density at radius 3 is 2.29 bits per heavy atom. The Morgan fingerprint density at radius 1 is 0.821 bits per heavy atom. The minimum absolute atomic E-state index is 0.0185. The molecule has 0 fully saturated rings. The van der Waals surface area contributed by atoms with E-state index in [2.05, 4.69) is 11.4 Å². The molecule has 0 aliphatic heterocycles. The Labute approximate surface area is 168 Å². The smallest absolute Gasteiger partial charge is 0.238 e. The van der Waals surface area contributed by atoms with Gasteiger partial charge < -0.3 is 5.32 Å². The van der Waals surface area contributed by atoms with E-state index >= 15 is 0 Å². The molecule has 1 amide bonds. The molecule has 1 heterocycles. The summed E-state index contributed by atoms with van der Waals surface area (Å²) in [5.41, 5.74) is 2.98. The van der Waals surface area contributed by atoms with Crippen LogP contribution in [0.25, 0.3) is 10.9 Å². The maximum Gasteiger partial charge on any atom is 0.238 e. The number of nitrogens with zero attached hydrogens (tertiary/aromatic N) is 1. The molecule has 4 rings (SSSR count). The van der Waals surface area contributed by atoms with Crippen molar-refractivity contribution in [1.29, 1.82) is 0 Å². The number of aromatic nitrogens is 1. The van der Waals surface area contributed by atoms with Gasteiger partial charge in [-0.3, -0.25) is 4.79 Å². The Hall–Kier alpha value is -3.11. The van der Waals surface area contributed by atoms with Gasteiger partial charge in [-0.25, -0.2) is 4.98 Å². The molecule has 4 aromatic rings. The van der Waals surface area contributed by atoms with E-state index < -0.39 is 0 Å². The number of benzene rings is 3. The van der Waals surface area contributed by atoms with Crippen LogP contribution in [0.2, 0.25) is 0 Å². The fourth-order valence-electron chi connectivity index (χ4n) is 3.01. The van der Waals surface area contributed by atoms with Crippen LogP contribution < -0.4 is 5.32 Å². The summed E-state index contributed by atoms with van der Waals surface area (Å²) in [6.07, 6.45) is 0. The lowest BCUT2D eigenvalue weighted by Crippen LogP contribution is -2.27. The second-order valence-corrected chi connectivity index (χ2v) is 7.58. The fraction of sp³-hybridized carbons (Fsp3) is 0.0833. The van der Waals surface area contributed by atoms with Crippen molar-refractivity contribution in [3.05, 3.63) is 108 Å². The molecule has 0 radical (unpaired) electrons. The molecule has 0 aliphatic carbocycles. The number of para-hydroxylation sites is 1. The van der Waals surface area contributed by atoms with E-state index in [0.29, 0.717) is 6.54 Å². The lowest BCUT2D eigenvalue weighted by Gasteiger charge is -2.17. The van der Waals surface area contributed by atoms with Crippen LogP contribution in [0, 0.1) is 0 Å². The van der Waals surface area contributed by atoms with Crippen molar-refractivity contribution in [3.8, 4) is 0 Å². The average Bonchev–Trinajstić information content (AvgIpc) is 2.77. The minimum atomic E-state index is -0.362. The third-order valence-corrected chi connectivity index (χ3v) is 5.65. The Morgan fingerprint density at radius 2 is 1.50 bits per heavy atom. The zero-order valence-corrected chi connectivity index (χ0v) is 16.1. The van der Waals surface area contributed by atoms with E-state index in [0.717, 1.165) is 27.1 Å². The quantitative estimate of drug-likeness (QED) is 0.454. The van der Waals surface area contributed by atoms with Gasteiger partial charge in [0.25, 0.3) is 0 Å². The van der Waals surface area contributed by atoms with E-state index in [1.54, 1.807) is 0 Å². The molecule has 0 unspecified atom stereocenters. The first kappa shape index (κ1) is 18.3. The van der Waals surface area contributed by atoms with Crippen LogP contribution in [0.15, 0.2) is 102 Å². The zero-order chi connectivity index (χ0) is 19.2. The van der Waals surface area contributed by atoms with Gasteiger partial charge >= 0.3 is 0 Å². The van der Waals surface area contributed by atoms with Crippen LogP contribution in [0.5, 0.6) is 0 Å². The number of rotatable bonds is 6. The highest BCUT2D eigenvalue weighted by Crippen LogP contribution is 2.35. The summed E-state index contributed by atoms with van der Waals surface area (Å²) in [5.74, 6) is -0.0185. The molecule has 1 N–H and O–H groups in total. The molecule has 3 aromatic carbocycles. The number of amides is 1. The number of fused-ring (bicyclic) bond motifs is 1. The summed E-state index contributed by atoms with van der Waals surface area (Å²) in [4.78, 5) is 17.7. The molecular weight excluding hydrogens is 364 g/mol. The number of carbonyl (C=O) groups is 1. The summed E-state index contributed by atoms with van der Waals surface area (Å²) in [6, 6.07) is 31.8. The SMILES string of the molecule is O=C(NCc1ccccc1)[C@@H](Sc1ccc2ccccc2n1)c1ccccc1. The molecule has 0 aliphatic rings. The summed E-state index contributed by atoms with van der Waals surface area (Å²) in [5, 5.41) is 4.63. The number of hydrogen-bond acceptors (Lipinski definition) is 3. The Kier molecular flexibility index (Phi) is 5.69. The van der Waals surface area contributed by atoms with E-state index in [9.17, 15) is 4.79 Å². The number of nitrogens with one attached hydrogen (secondary N) is 1. The van der Waals surface area contributed by atoms with Crippen molar-refractivity contribution >= 4 is 28.6 Å². The van der Waals surface area contributed by atoms with Crippen molar-refractivity contribution < 1.29 is 4.79 Å². The third kappa shape index (κ3) is 4.41. The van der Waals surface area contributed by atoms with Gasteiger partial charge in [0.1, 0.15) is 5.25 Å². The van der Waals surface area contributed by atoms with Gasteiger partial charge in [0.15, 0.2) is 0 Å². The molecule has 0 spiro atoms. The maximum absolute atomic E-state index is 13.0. The first-order chi connectivity index (χ1) is 13.8. The highest BCUT2D eigenvalue weighted by molar-refractivity contribution is 8.00. The third-order valence-electron chi connectivity index (χ3n) is 4.46. The van der Waals surface area contributed by atoms with Crippen molar-refractivity contribution in [3.63, 3.8) is 0 Å². The number of carbonyl (C=O) groups excluding carboxylic acids is 1. The van der Waals surface area contributed by atoms with Crippen LogP contribution in [-0.4, -0.2) is 10.9 Å². The molecule has 28 heavy (non-hydrogen) atoms. The summed E-state index contributed by atoms with van der Waals surface area (Å²) >= 11 is 1.48. The first-order valence-corrected chi connectivity index (χ1v) is 10.1. The summed E-state index contributed by atoms with van der Waals surface area (Å²) in [7, 11) is 0. The van der Waals surface area contributed by atoms with Gasteiger partial charge in [0.2, 0.25) is 5.91 Å². The Balaban J connectivity index is 1.57. The molecular formula is C24H20N2OS. The van der Waals surface area contributed by atoms with Gasteiger partial charge in [-0.15, -0.1) is 0 Å². The fourth-order valence-corrected chi connectivity index (χ4v) is 4.03. The Bertz CT molecular complexity index is 1070. The van der Waals surface area contributed by atoms with E-state index in [4.69, 9.17) is 4.98 Å². The molecule has 0 saturated heterocycles. The molecule has 1 aromatic heterocycles. The van der Waals surface area contributed by atoms with Crippen molar-refractivity contribution in [1.82, 2.24) is 10.3 Å². The van der Waals surface area contributed by atoms with Crippen LogP contribution in [0.1, 0.15) is 16.4 Å². The van der Waals surface area contributed by atoms with Crippen LogP contribution >= 0.6 is 11.8 Å². The standard InChI is InChI=1S/C24H20N2OS/c27-24(25-17-18-9-3-1-4-10-18)23(20-12-5-2-6-13-20)28-22-16-15-19-11-7-8-14-21(19)26-22/h1-16,23H,17H2,(H,25,27)/t23-/m0/s1. The molecule has 138 valence electrons. The highest BCUT2D eigenvalue weighted by atomic mass is 32.2. The number of thioether (sulfide) groups is 1. The van der Waals surface area contributed by atoms with Gasteiger partial charge in [0.05, 0.1) is 10.5 Å². The topological polar surface area (TPSA) is 42.0 Å². The van der Waals surface area contributed by atoms with E-state index in [1.165, 1.54) is 11.8 Å². The van der Waals surface area contributed by atoms with Gasteiger partial charge in [-0.2, -0.15) is 0 Å². The van der Waals surface area contributed by atoms with Crippen molar-refractivity contribution in [2.45, 2.75) is 16.8 Å². The monoisotopic (exact) mass is 384 g/mol. The molecule has 4 heteroatoms. The maximum atomic E-state index is 13.0. The predicted octanol–water partition coefficient (Wildman–Crippen LogP) is 5.38. The normalized spacial score (nSPS) is 11.9. The van der Waals surface area contributed by atoms with Gasteiger partial charge in [-0.05, 0) is 23.3 Å². The average molecular weight is 385 g/mol. The van der Waals surface area contributed by atoms with Crippen molar-refractivity contribution in [2.24, 2.45) is 0 Å². The second-order valence-electron chi connectivity index (χ2n) is 6.45. The van der Waals surface area contributed by atoms with Gasteiger partial charge in [0, 0.05) is 11.9 Å². The predicted molar refractivity (Wildman–Crippen MR) is 115 cm³/mol. The molecule has 0 bridgehead atoms. The van der Waals surface area contributed by atoms with Crippen LogP contribution in [0.4, 0.5) is 0 Å². The van der Waals surface area contributed by atoms with Gasteiger partial charge in [-0.1, -0.05) is 96.7 Å². The summed E-state index contributed by atoms with van der Waals surface area (Å²) < 4.78 is 0. The molecule has 0 saturated carbocycles. The van der Waals surface area contributed by atoms with Crippen LogP contribution in [0.3, 0.4) is 0 Å². The molecule has 3 nitrogen and oxygen atoms in total. The number of pyridine rings is 1. The van der Waals surface area contributed by atoms with E-state index in [1.807, 2.05) is 91.0 Å². The lowest BCUT2D eigenvalue weighted by molar-refractivity contribution is -0.120. The highest BCUT2D eigenvalue weighted by Gasteiger charge is 2.22. The second kappa shape index (κ2) is 8.72. The zero-order valence-electron chi connectivity index (χ0n) is 15.3. The minimum Gasteiger partial charge on any atom is -0.351 e. The van der Waals surface area contributed by atoms with Crippen LogP contribution in [-0.2, 0) is 11.3 Å². The largest absolute Gasteiger partial charge is 0.351 e. The first-order valence-electron chi connectivity index (χ1n) is 9.19. The summed E-state index contributed by atoms with van der Waals surface area (Å²) in [6.45, 7) is 0.509.